The number of nitrogens with zero attached hydrogens (tertiary/aromatic N) is 2. The first-order valence-electron chi connectivity index (χ1n) is 7.17. The number of carbonyl (C=O) groups excluding carboxylic acids is 1. The maximum Gasteiger partial charge on any atom is 0.335 e. The molecule has 0 spiro atoms. The summed E-state index contributed by atoms with van der Waals surface area (Å²) in [5.74, 6) is 0.142. The zero-order valence-electron chi connectivity index (χ0n) is 12.9. The number of nitrogens with two attached hydrogens (primary N) is 1. The molecule has 2 N–H and O–H groups in total. The predicted octanol–water partition coefficient (Wildman–Crippen LogP) is 1.95. The molecule has 0 atom stereocenters. The Morgan fingerprint density at radius 3 is 2.52 bits per heavy atom. The van der Waals surface area contributed by atoms with Gasteiger partial charge in [0.2, 0.25) is 0 Å². The molecule has 1 aromatic heterocycles. The van der Waals surface area contributed by atoms with Gasteiger partial charge in [-0.15, -0.1) is 0 Å². The summed E-state index contributed by atoms with van der Waals surface area (Å²) in [6, 6.07) is 12.4. The molecule has 6 heteroatoms. The fraction of sp³-hybridized carbons (Fsp3) is 0.176. The maximum atomic E-state index is 12.4. The molecule has 1 heterocycles. The lowest BCUT2D eigenvalue weighted by molar-refractivity contribution is 0.0838. The zero-order chi connectivity index (χ0) is 16.6. The fourth-order valence-corrected chi connectivity index (χ4v) is 2.44. The molecule has 23 heavy (non-hydrogen) atoms. The van der Waals surface area contributed by atoms with Gasteiger partial charge in [0.15, 0.2) is 6.61 Å². The summed E-state index contributed by atoms with van der Waals surface area (Å²) in [7, 11) is 1.62. The van der Waals surface area contributed by atoms with Crippen LogP contribution in [0.2, 0.25) is 0 Å². The number of imidazole rings is 1. The lowest BCUT2D eigenvalue weighted by atomic mass is 10.2. The Balaban J connectivity index is 1.92. The third-order valence-corrected chi connectivity index (χ3v) is 3.71. The van der Waals surface area contributed by atoms with Crippen LogP contribution in [0.5, 0.6) is 5.75 Å². The van der Waals surface area contributed by atoms with E-state index < -0.39 is 11.6 Å². The molecule has 0 aliphatic rings. The molecule has 3 aromatic rings. The minimum atomic E-state index is -0.438. The van der Waals surface area contributed by atoms with Crippen LogP contribution in [-0.4, -0.2) is 21.6 Å². The molecular weight excluding hydrogens is 294 g/mol. The molecule has 3 rings (SSSR count). The highest BCUT2D eigenvalue weighted by Gasteiger charge is 2.17. The molecule has 0 unspecified atom stereocenters. The van der Waals surface area contributed by atoms with Crippen LogP contribution in [-0.2, 0) is 7.05 Å². The maximum absolute atomic E-state index is 12.4. The van der Waals surface area contributed by atoms with Gasteiger partial charge in [-0.2, -0.15) is 0 Å². The molecule has 0 aliphatic heterocycles. The van der Waals surface area contributed by atoms with E-state index in [1.807, 2.05) is 19.1 Å². The van der Waals surface area contributed by atoms with Gasteiger partial charge < -0.3 is 10.5 Å². The fourth-order valence-electron chi connectivity index (χ4n) is 2.44. The van der Waals surface area contributed by atoms with Gasteiger partial charge in [0.05, 0.1) is 11.0 Å². The van der Waals surface area contributed by atoms with E-state index >= 15 is 0 Å². The van der Waals surface area contributed by atoms with Crippen molar-refractivity contribution in [2.45, 2.75) is 6.92 Å². The summed E-state index contributed by atoms with van der Waals surface area (Å²) in [5.41, 5.74) is 8.07. The van der Waals surface area contributed by atoms with Crippen LogP contribution in [0, 0.1) is 6.92 Å². The minimum Gasteiger partial charge on any atom is -0.484 e. The first-order valence-corrected chi connectivity index (χ1v) is 7.17. The first kappa shape index (κ1) is 14.9. The third kappa shape index (κ3) is 2.70. The van der Waals surface area contributed by atoms with Crippen LogP contribution in [0.3, 0.4) is 0 Å². The van der Waals surface area contributed by atoms with Crippen molar-refractivity contribution in [2.75, 3.05) is 12.3 Å². The molecule has 0 saturated heterocycles. The molecule has 0 saturated carbocycles. The van der Waals surface area contributed by atoms with E-state index in [9.17, 15) is 9.59 Å². The standard InChI is InChI=1S/C17H17N3O3/c1-11-3-6-13(7-4-11)23-10-16(21)20-15-9-12(18)5-8-14(15)19(2)17(20)22/h3-9H,10,18H2,1-2H3. The van der Waals surface area contributed by atoms with Gasteiger partial charge >= 0.3 is 5.69 Å². The molecule has 0 aliphatic carbocycles. The van der Waals surface area contributed by atoms with Gasteiger partial charge in [-0.1, -0.05) is 17.7 Å². The largest absolute Gasteiger partial charge is 0.484 e. The van der Waals surface area contributed by atoms with Crippen LogP contribution in [0.1, 0.15) is 10.4 Å². The topological polar surface area (TPSA) is 79.2 Å². The highest BCUT2D eigenvalue weighted by molar-refractivity contribution is 5.92. The molecular formula is C17H17N3O3. The quantitative estimate of drug-likeness (QED) is 0.750. The van der Waals surface area contributed by atoms with Crippen molar-refractivity contribution in [3.63, 3.8) is 0 Å². The summed E-state index contributed by atoms with van der Waals surface area (Å²) in [6.45, 7) is 1.74. The number of hydrogen-bond donors (Lipinski definition) is 1. The van der Waals surface area contributed by atoms with Crippen LogP contribution in [0.4, 0.5) is 5.69 Å². The Hall–Kier alpha value is -3.02. The molecule has 0 radical (unpaired) electrons. The predicted molar refractivity (Wildman–Crippen MR) is 88.9 cm³/mol. The molecule has 118 valence electrons. The SMILES string of the molecule is Cc1ccc(OCC(=O)n2c(=O)n(C)c3ccc(N)cc32)cc1. The van der Waals surface area contributed by atoms with E-state index in [4.69, 9.17) is 10.5 Å². The summed E-state index contributed by atoms with van der Waals surface area (Å²) in [5, 5.41) is 0. The van der Waals surface area contributed by atoms with Crippen LogP contribution >= 0.6 is 0 Å². The van der Waals surface area contributed by atoms with Gasteiger partial charge in [-0.05, 0) is 37.3 Å². The van der Waals surface area contributed by atoms with Crippen molar-refractivity contribution in [1.82, 2.24) is 9.13 Å². The van der Waals surface area contributed by atoms with Gasteiger partial charge in [0.1, 0.15) is 5.75 Å². The van der Waals surface area contributed by atoms with Crippen LogP contribution in [0.25, 0.3) is 11.0 Å². The van der Waals surface area contributed by atoms with Crippen molar-refractivity contribution in [2.24, 2.45) is 7.05 Å². The number of aromatic nitrogens is 2. The van der Waals surface area contributed by atoms with E-state index in [0.717, 1.165) is 10.1 Å². The van der Waals surface area contributed by atoms with Gasteiger partial charge in [0, 0.05) is 12.7 Å². The lowest BCUT2D eigenvalue weighted by Gasteiger charge is -2.06. The van der Waals surface area contributed by atoms with Gasteiger partial charge in [-0.25, -0.2) is 9.36 Å². The first-order chi connectivity index (χ1) is 11.0. The van der Waals surface area contributed by atoms with E-state index in [0.29, 0.717) is 22.5 Å². The summed E-state index contributed by atoms with van der Waals surface area (Å²) in [6.07, 6.45) is 0. The van der Waals surface area contributed by atoms with Crippen molar-refractivity contribution in [3.8, 4) is 5.75 Å². The van der Waals surface area contributed by atoms with Gasteiger partial charge in [-0.3, -0.25) is 9.36 Å². The highest BCUT2D eigenvalue weighted by Crippen LogP contribution is 2.16. The van der Waals surface area contributed by atoms with Crippen LogP contribution in [0.15, 0.2) is 47.3 Å². The number of rotatable bonds is 3. The van der Waals surface area contributed by atoms with Crippen molar-refractivity contribution in [3.05, 3.63) is 58.5 Å². The number of benzene rings is 2. The Kier molecular flexibility index (Phi) is 3.65. The zero-order valence-corrected chi connectivity index (χ0v) is 12.9. The summed E-state index contributed by atoms with van der Waals surface area (Å²) < 4.78 is 7.98. The van der Waals surface area contributed by atoms with E-state index in [2.05, 4.69) is 0 Å². The Labute approximate surface area is 132 Å². The second kappa shape index (κ2) is 5.64. The van der Waals surface area contributed by atoms with Crippen LogP contribution < -0.4 is 16.2 Å². The molecule has 0 amide bonds. The van der Waals surface area contributed by atoms with Gasteiger partial charge in [0.25, 0.3) is 5.91 Å². The van der Waals surface area contributed by atoms with E-state index in [1.54, 1.807) is 37.4 Å². The lowest BCUT2D eigenvalue weighted by Crippen LogP contribution is -2.31. The third-order valence-electron chi connectivity index (χ3n) is 3.71. The molecule has 0 bridgehead atoms. The number of carbonyl (C=O) groups is 1. The number of hydrogen-bond acceptors (Lipinski definition) is 4. The molecule has 2 aromatic carbocycles. The number of ether oxygens (including phenoxy) is 1. The van der Waals surface area contributed by atoms with Crippen molar-refractivity contribution in [1.29, 1.82) is 0 Å². The second-order valence-corrected chi connectivity index (χ2v) is 5.42. The van der Waals surface area contributed by atoms with E-state index in [1.165, 1.54) is 4.57 Å². The number of nitrogen functional groups attached to an aromatic ring is 1. The normalized spacial score (nSPS) is 10.9. The second-order valence-electron chi connectivity index (χ2n) is 5.42. The van der Waals surface area contributed by atoms with Crippen molar-refractivity contribution >= 4 is 22.6 Å². The minimum absolute atomic E-state index is 0.225. The molecule has 0 fully saturated rings. The number of fused-ring (bicyclic) bond motifs is 1. The van der Waals surface area contributed by atoms with E-state index in [-0.39, 0.29) is 6.61 Å². The monoisotopic (exact) mass is 311 g/mol. The number of aryl methyl sites for hydroxylation is 2. The summed E-state index contributed by atoms with van der Waals surface area (Å²) >= 11 is 0. The Morgan fingerprint density at radius 2 is 1.83 bits per heavy atom. The smallest absolute Gasteiger partial charge is 0.335 e. The number of anilines is 1. The average Bonchev–Trinajstić information content (AvgIpc) is 2.77. The average molecular weight is 311 g/mol. The van der Waals surface area contributed by atoms with Crippen molar-refractivity contribution < 1.29 is 9.53 Å². The highest BCUT2D eigenvalue weighted by atomic mass is 16.5. The Bertz CT molecular complexity index is 936. The Morgan fingerprint density at radius 1 is 1.13 bits per heavy atom. The molecule has 6 nitrogen and oxygen atoms in total. The summed E-state index contributed by atoms with van der Waals surface area (Å²) in [4.78, 5) is 24.7.